The summed E-state index contributed by atoms with van der Waals surface area (Å²) in [6.07, 6.45) is 1.41. The molecule has 3 aromatic rings. The van der Waals surface area contributed by atoms with Crippen molar-refractivity contribution in [2.24, 2.45) is 5.92 Å². The molecule has 4 rings (SSSR count). The molecule has 0 saturated carbocycles. The maximum Gasteiger partial charge on any atom is 0.240 e. The highest BCUT2D eigenvalue weighted by atomic mass is 32.1. The minimum atomic E-state index is -0.289. The molecule has 1 fully saturated rings. The molecule has 1 aliphatic rings. The third-order valence-electron chi connectivity index (χ3n) is 6.39. The van der Waals surface area contributed by atoms with Crippen molar-refractivity contribution in [3.05, 3.63) is 69.8 Å². The lowest BCUT2D eigenvalue weighted by atomic mass is 9.96. The fourth-order valence-electron chi connectivity index (χ4n) is 4.68. The Hall–Kier alpha value is -3.10. The van der Waals surface area contributed by atoms with Gasteiger partial charge in [-0.05, 0) is 75.5 Å². The van der Waals surface area contributed by atoms with Crippen LogP contribution in [0.5, 0.6) is 0 Å². The number of hydrogen-bond donors (Lipinski definition) is 2. The second-order valence-electron chi connectivity index (χ2n) is 9.25. The minimum Gasteiger partial charge on any atom is -0.352 e. The smallest absolute Gasteiger partial charge is 0.240 e. The number of carbonyl (C=O) groups is 2. The van der Waals surface area contributed by atoms with E-state index in [1.807, 2.05) is 5.38 Å². The molecule has 2 amide bonds. The van der Waals surface area contributed by atoms with Crippen LogP contribution in [0.2, 0.25) is 0 Å². The molecule has 0 unspecified atom stereocenters. The summed E-state index contributed by atoms with van der Waals surface area (Å²) in [5, 5.41) is 8.44. The normalized spacial score (nSPS) is 14.6. The lowest BCUT2D eigenvalue weighted by Crippen LogP contribution is -2.43. The molecule has 0 atom stereocenters. The van der Waals surface area contributed by atoms with Crippen molar-refractivity contribution < 1.29 is 14.0 Å². The molecular formula is C27H31FN4O2S. The predicted molar refractivity (Wildman–Crippen MR) is 138 cm³/mol. The van der Waals surface area contributed by atoms with Crippen LogP contribution in [0.4, 0.5) is 9.52 Å². The first kappa shape index (κ1) is 25.0. The van der Waals surface area contributed by atoms with Crippen LogP contribution in [-0.2, 0) is 16.1 Å². The zero-order valence-electron chi connectivity index (χ0n) is 20.4. The average molecular weight is 495 g/mol. The highest BCUT2D eigenvalue weighted by Gasteiger charge is 2.26. The molecule has 1 aromatic heterocycles. The molecule has 2 heterocycles. The Morgan fingerprint density at radius 1 is 1.09 bits per heavy atom. The van der Waals surface area contributed by atoms with E-state index in [1.54, 1.807) is 12.1 Å². The fraction of sp³-hybridized carbons (Fsp3) is 0.370. The lowest BCUT2D eigenvalue weighted by Gasteiger charge is -2.30. The molecule has 0 bridgehead atoms. The highest BCUT2D eigenvalue weighted by Crippen LogP contribution is 2.31. The Morgan fingerprint density at radius 3 is 2.40 bits per heavy atom. The van der Waals surface area contributed by atoms with Gasteiger partial charge in [-0.1, -0.05) is 29.8 Å². The second kappa shape index (κ2) is 11.1. The molecular weight excluding hydrogens is 463 g/mol. The van der Waals surface area contributed by atoms with Gasteiger partial charge in [-0.3, -0.25) is 14.5 Å². The summed E-state index contributed by atoms with van der Waals surface area (Å²) < 4.78 is 13.0. The lowest BCUT2D eigenvalue weighted by molar-refractivity contribution is -0.126. The molecule has 0 radical (unpaired) electrons. The summed E-state index contributed by atoms with van der Waals surface area (Å²) in [4.78, 5) is 31.8. The summed E-state index contributed by atoms with van der Waals surface area (Å²) in [5.74, 6) is -0.446. The van der Waals surface area contributed by atoms with Crippen LogP contribution in [0.3, 0.4) is 0 Å². The van der Waals surface area contributed by atoms with Gasteiger partial charge in [0.1, 0.15) is 5.82 Å². The van der Waals surface area contributed by atoms with Crippen molar-refractivity contribution in [1.29, 1.82) is 0 Å². The number of anilines is 1. The Morgan fingerprint density at radius 2 is 1.74 bits per heavy atom. The number of aromatic nitrogens is 1. The van der Waals surface area contributed by atoms with E-state index in [2.05, 4.69) is 53.4 Å². The molecule has 6 nitrogen and oxygen atoms in total. The van der Waals surface area contributed by atoms with E-state index in [9.17, 15) is 14.0 Å². The second-order valence-corrected chi connectivity index (χ2v) is 10.1. The summed E-state index contributed by atoms with van der Waals surface area (Å²) in [6.45, 7) is 8.29. The van der Waals surface area contributed by atoms with Crippen molar-refractivity contribution in [1.82, 2.24) is 15.2 Å². The van der Waals surface area contributed by atoms with Gasteiger partial charge < -0.3 is 10.6 Å². The molecule has 1 aliphatic heterocycles. The SMILES string of the molecule is Cc1cc(C)c(-c2csc(NC(=O)CN3CCC(C(=O)NCc4ccc(F)cc4)CC3)n2)c(C)c1. The largest absolute Gasteiger partial charge is 0.352 e. The van der Waals surface area contributed by atoms with Gasteiger partial charge in [-0.25, -0.2) is 9.37 Å². The Bertz CT molecular complexity index is 1180. The van der Waals surface area contributed by atoms with Crippen LogP contribution >= 0.6 is 11.3 Å². The fourth-order valence-corrected chi connectivity index (χ4v) is 5.40. The summed E-state index contributed by atoms with van der Waals surface area (Å²) >= 11 is 1.43. The van der Waals surface area contributed by atoms with E-state index < -0.39 is 0 Å². The van der Waals surface area contributed by atoms with Crippen molar-refractivity contribution in [2.45, 2.75) is 40.2 Å². The van der Waals surface area contributed by atoms with E-state index in [1.165, 1.54) is 40.2 Å². The van der Waals surface area contributed by atoms with E-state index in [-0.39, 0.29) is 30.1 Å². The van der Waals surface area contributed by atoms with E-state index >= 15 is 0 Å². The topological polar surface area (TPSA) is 74.3 Å². The standard InChI is InChI=1S/C27H31FN4O2S/c1-17-12-18(2)25(19(3)13-17)23-16-35-27(30-23)31-24(33)15-32-10-8-21(9-11-32)26(34)29-14-20-4-6-22(28)7-5-20/h4-7,12-13,16,21H,8-11,14-15H2,1-3H3,(H,29,34)(H,30,31,33). The van der Waals surface area contributed by atoms with Gasteiger partial charge in [0, 0.05) is 23.4 Å². The zero-order valence-corrected chi connectivity index (χ0v) is 21.2. The van der Waals surface area contributed by atoms with Crippen LogP contribution in [0.1, 0.15) is 35.1 Å². The third kappa shape index (κ3) is 6.52. The Kier molecular flexibility index (Phi) is 7.93. The third-order valence-corrected chi connectivity index (χ3v) is 7.15. The number of nitrogens with zero attached hydrogens (tertiary/aromatic N) is 2. The number of amides is 2. The number of nitrogens with one attached hydrogen (secondary N) is 2. The van der Waals surface area contributed by atoms with Gasteiger partial charge in [0.25, 0.3) is 0 Å². The first-order chi connectivity index (χ1) is 16.8. The number of halogens is 1. The number of thiazole rings is 1. The van der Waals surface area contributed by atoms with Crippen LogP contribution < -0.4 is 10.6 Å². The van der Waals surface area contributed by atoms with E-state index in [4.69, 9.17) is 0 Å². The number of piperidine rings is 1. The van der Waals surface area contributed by atoms with Gasteiger partial charge in [-0.2, -0.15) is 0 Å². The van der Waals surface area contributed by atoms with Crippen molar-refractivity contribution in [3.63, 3.8) is 0 Å². The van der Waals surface area contributed by atoms with E-state index in [0.29, 0.717) is 37.6 Å². The predicted octanol–water partition coefficient (Wildman–Crippen LogP) is 4.84. The molecule has 0 aliphatic carbocycles. The van der Waals surface area contributed by atoms with Gasteiger partial charge in [0.15, 0.2) is 5.13 Å². The molecule has 184 valence electrons. The highest BCUT2D eigenvalue weighted by molar-refractivity contribution is 7.14. The van der Waals surface area contributed by atoms with Gasteiger partial charge in [0.05, 0.1) is 12.2 Å². The zero-order chi connectivity index (χ0) is 24.9. The summed E-state index contributed by atoms with van der Waals surface area (Å²) in [7, 11) is 0. The van der Waals surface area contributed by atoms with Crippen molar-refractivity contribution in [2.75, 3.05) is 25.0 Å². The van der Waals surface area contributed by atoms with Crippen LogP contribution in [0.15, 0.2) is 41.8 Å². The van der Waals surface area contributed by atoms with Crippen molar-refractivity contribution >= 4 is 28.3 Å². The van der Waals surface area contributed by atoms with Crippen molar-refractivity contribution in [3.8, 4) is 11.3 Å². The molecule has 8 heteroatoms. The van der Waals surface area contributed by atoms with Crippen LogP contribution in [-0.4, -0.2) is 41.3 Å². The molecule has 0 spiro atoms. The molecule has 2 aromatic carbocycles. The van der Waals surface area contributed by atoms with Crippen LogP contribution in [0.25, 0.3) is 11.3 Å². The average Bonchev–Trinajstić information content (AvgIpc) is 3.26. The number of likely N-dealkylation sites (tertiary alicyclic amines) is 1. The number of aryl methyl sites for hydroxylation is 3. The number of benzene rings is 2. The van der Waals surface area contributed by atoms with Gasteiger partial charge in [-0.15, -0.1) is 11.3 Å². The quantitative estimate of drug-likeness (QED) is 0.493. The monoisotopic (exact) mass is 494 g/mol. The number of hydrogen-bond acceptors (Lipinski definition) is 5. The summed E-state index contributed by atoms with van der Waals surface area (Å²) in [6, 6.07) is 10.4. The van der Waals surface area contributed by atoms with Gasteiger partial charge in [0.2, 0.25) is 11.8 Å². The first-order valence-corrected chi connectivity index (χ1v) is 12.7. The van der Waals surface area contributed by atoms with Gasteiger partial charge >= 0.3 is 0 Å². The Balaban J connectivity index is 1.23. The Labute approximate surface area is 209 Å². The summed E-state index contributed by atoms with van der Waals surface area (Å²) in [5.41, 5.74) is 6.44. The van der Waals surface area contributed by atoms with Crippen LogP contribution in [0, 0.1) is 32.5 Å². The van der Waals surface area contributed by atoms with E-state index in [0.717, 1.165) is 16.8 Å². The molecule has 35 heavy (non-hydrogen) atoms. The maximum absolute atomic E-state index is 13.0. The maximum atomic E-state index is 13.0. The first-order valence-electron chi connectivity index (χ1n) is 11.9. The minimum absolute atomic E-state index is 0.00966. The molecule has 2 N–H and O–H groups in total. The number of rotatable bonds is 7. The molecule has 1 saturated heterocycles. The number of carbonyl (C=O) groups excluding carboxylic acids is 2.